The third-order valence-electron chi connectivity index (χ3n) is 9.90. The maximum atomic E-state index is 6.74. The van der Waals surface area contributed by atoms with Gasteiger partial charge in [0.25, 0.3) is 0 Å². The molecule has 0 saturated heterocycles. The number of hydrogen-bond acceptors (Lipinski definition) is 5. The Labute approximate surface area is 312 Å². The number of benzene rings is 8. The monoisotopic (exact) mass is 692 g/mol. The number of anilines is 3. The van der Waals surface area contributed by atoms with E-state index in [1.807, 2.05) is 72.8 Å². The van der Waals surface area contributed by atoms with Crippen LogP contribution in [-0.2, 0) is 0 Å². The molecule has 254 valence electrons. The zero-order valence-electron chi connectivity index (χ0n) is 29.2. The van der Waals surface area contributed by atoms with Gasteiger partial charge in [0.05, 0.1) is 0 Å². The summed E-state index contributed by atoms with van der Waals surface area (Å²) in [6, 6.07) is 66.8. The van der Waals surface area contributed by atoms with Gasteiger partial charge in [0.15, 0.2) is 17.5 Å². The predicted octanol–water partition coefficient (Wildman–Crippen LogP) is 13.1. The molecule has 5 heteroatoms. The van der Waals surface area contributed by atoms with Crippen LogP contribution in [0.1, 0.15) is 0 Å². The van der Waals surface area contributed by atoms with Gasteiger partial charge in [-0.15, -0.1) is 0 Å². The molecule has 0 N–H and O–H groups in total. The first-order valence-corrected chi connectivity index (χ1v) is 18.0. The third kappa shape index (κ3) is 5.65. The van der Waals surface area contributed by atoms with Crippen molar-refractivity contribution in [2.75, 3.05) is 4.90 Å². The molecule has 2 aromatic heterocycles. The second kappa shape index (κ2) is 13.3. The third-order valence-corrected chi connectivity index (χ3v) is 9.90. The number of fused-ring (bicyclic) bond motifs is 5. The molecule has 5 nitrogen and oxygen atoms in total. The van der Waals surface area contributed by atoms with E-state index in [4.69, 9.17) is 19.4 Å². The van der Waals surface area contributed by atoms with Crippen LogP contribution in [0.4, 0.5) is 17.1 Å². The summed E-state index contributed by atoms with van der Waals surface area (Å²) in [4.78, 5) is 17.0. The maximum Gasteiger partial charge on any atom is 0.164 e. The highest BCUT2D eigenvalue weighted by Gasteiger charge is 2.19. The summed E-state index contributed by atoms with van der Waals surface area (Å²) in [7, 11) is 0. The lowest BCUT2D eigenvalue weighted by atomic mass is 9.94. The van der Waals surface area contributed by atoms with E-state index in [1.54, 1.807) is 0 Å². The van der Waals surface area contributed by atoms with E-state index < -0.39 is 0 Å². The van der Waals surface area contributed by atoms with Crippen molar-refractivity contribution < 1.29 is 4.42 Å². The van der Waals surface area contributed by atoms with E-state index in [0.717, 1.165) is 77.6 Å². The number of aromatic nitrogens is 3. The summed E-state index contributed by atoms with van der Waals surface area (Å²) in [5.74, 6) is 1.92. The second-order valence-electron chi connectivity index (χ2n) is 13.3. The minimum absolute atomic E-state index is 0.631. The number of hydrogen-bond donors (Lipinski definition) is 0. The van der Waals surface area contributed by atoms with Gasteiger partial charge in [-0.1, -0.05) is 146 Å². The smallest absolute Gasteiger partial charge is 0.164 e. The van der Waals surface area contributed by atoms with Crippen molar-refractivity contribution in [3.63, 3.8) is 0 Å². The quantitative estimate of drug-likeness (QED) is 0.166. The summed E-state index contributed by atoms with van der Waals surface area (Å²) in [5, 5.41) is 4.36. The SMILES string of the molecule is c1ccc(-c2nc(-c3ccccc3)nc(-c3ccc(-c4cc5c6ccc(N(c7ccccc7)c7ccccc7)cc6oc5c5ccccc45)cc3)n2)cc1. The van der Waals surface area contributed by atoms with Crippen LogP contribution in [0.2, 0.25) is 0 Å². The predicted molar refractivity (Wildman–Crippen MR) is 221 cm³/mol. The lowest BCUT2D eigenvalue weighted by Crippen LogP contribution is -2.09. The molecule has 8 aromatic carbocycles. The molecule has 54 heavy (non-hydrogen) atoms. The van der Waals surface area contributed by atoms with Gasteiger partial charge in [0.1, 0.15) is 11.2 Å². The van der Waals surface area contributed by atoms with E-state index in [9.17, 15) is 0 Å². The maximum absolute atomic E-state index is 6.74. The first-order valence-electron chi connectivity index (χ1n) is 18.0. The molecule has 0 fully saturated rings. The summed E-state index contributed by atoms with van der Waals surface area (Å²) in [6.07, 6.45) is 0. The highest BCUT2D eigenvalue weighted by atomic mass is 16.3. The molecule has 0 unspecified atom stereocenters. The highest BCUT2D eigenvalue weighted by Crippen LogP contribution is 2.42. The minimum Gasteiger partial charge on any atom is -0.455 e. The zero-order valence-corrected chi connectivity index (χ0v) is 29.2. The Bertz CT molecular complexity index is 2810. The topological polar surface area (TPSA) is 55.1 Å². The van der Waals surface area contributed by atoms with Crippen molar-refractivity contribution in [3.05, 3.63) is 194 Å². The standard InChI is InChI=1S/C49H32N4O/c1-5-15-34(16-6-1)47-50-48(35-17-7-2-8-18-35)52-49(51-47)36-27-25-33(26-28-36)43-32-44-41-30-29-39(31-45(41)54-46(44)42-24-14-13-23-40(42)43)53(37-19-9-3-10-20-37)38-21-11-4-12-22-38/h1-32H. The second-order valence-corrected chi connectivity index (χ2v) is 13.3. The van der Waals surface area contributed by atoms with Crippen LogP contribution in [0.5, 0.6) is 0 Å². The largest absolute Gasteiger partial charge is 0.455 e. The molecule has 0 radical (unpaired) electrons. The Morgan fingerprint density at radius 1 is 0.333 bits per heavy atom. The molecule has 0 atom stereocenters. The fourth-order valence-electron chi connectivity index (χ4n) is 7.30. The molecule has 10 rings (SSSR count). The van der Waals surface area contributed by atoms with E-state index in [1.165, 1.54) is 0 Å². The Hall–Kier alpha value is -7.37. The molecule has 0 bridgehead atoms. The van der Waals surface area contributed by atoms with Crippen molar-refractivity contribution in [1.29, 1.82) is 0 Å². The molecule has 0 amide bonds. The van der Waals surface area contributed by atoms with Crippen LogP contribution in [-0.4, -0.2) is 15.0 Å². The molecular weight excluding hydrogens is 661 g/mol. The van der Waals surface area contributed by atoms with Crippen LogP contribution in [0, 0.1) is 0 Å². The Morgan fingerprint density at radius 3 is 1.35 bits per heavy atom. The van der Waals surface area contributed by atoms with Gasteiger partial charge in [-0.3, -0.25) is 0 Å². The number of nitrogens with zero attached hydrogens (tertiary/aromatic N) is 4. The lowest BCUT2D eigenvalue weighted by Gasteiger charge is -2.25. The van der Waals surface area contributed by atoms with Crippen molar-refractivity contribution in [2.24, 2.45) is 0 Å². The van der Waals surface area contributed by atoms with Crippen LogP contribution in [0.3, 0.4) is 0 Å². The van der Waals surface area contributed by atoms with Gasteiger partial charge < -0.3 is 9.32 Å². The Kier molecular flexibility index (Phi) is 7.73. The molecule has 0 aliphatic carbocycles. The van der Waals surface area contributed by atoms with E-state index in [-0.39, 0.29) is 0 Å². The molecule has 2 heterocycles. The van der Waals surface area contributed by atoms with Gasteiger partial charge in [-0.05, 0) is 59.0 Å². The van der Waals surface area contributed by atoms with Crippen molar-refractivity contribution in [1.82, 2.24) is 15.0 Å². The molecule has 0 spiro atoms. The highest BCUT2D eigenvalue weighted by molar-refractivity contribution is 6.19. The van der Waals surface area contributed by atoms with Crippen LogP contribution in [0.15, 0.2) is 199 Å². The van der Waals surface area contributed by atoms with Crippen LogP contribution < -0.4 is 4.90 Å². The van der Waals surface area contributed by atoms with Crippen molar-refractivity contribution >= 4 is 49.8 Å². The summed E-state index contributed by atoms with van der Waals surface area (Å²) in [5.41, 5.74) is 9.97. The fraction of sp³-hybridized carbons (Fsp3) is 0. The Balaban J connectivity index is 1.08. The van der Waals surface area contributed by atoms with Crippen molar-refractivity contribution in [3.8, 4) is 45.3 Å². The first kappa shape index (κ1) is 31.4. The lowest BCUT2D eigenvalue weighted by molar-refractivity contribution is 0.673. The molecule has 0 aliphatic rings. The first-order chi connectivity index (χ1) is 26.8. The zero-order chi connectivity index (χ0) is 35.8. The van der Waals surface area contributed by atoms with Gasteiger partial charge in [-0.2, -0.15) is 0 Å². The average molecular weight is 693 g/mol. The molecule has 0 saturated carbocycles. The number of para-hydroxylation sites is 2. The van der Waals surface area contributed by atoms with Gasteiger partial charge >= 0.3 is 0 Å². The van der Waals surface area contributed by atoms with Crippen LogP contribution >= 0.6 is 0 Å². The van der Waals surface area contributed by atoms with Gasteiger partial charge in [0.2, 0.25) is 0 Å². The van der Waals surface area contributed by atoms with Gasteiger partial charge in [-0.25, -0.2) is 15.0 Å². The summed E-state index contributed by atoms with van der Waals surface area (Å²) in [6.45, 7) is 0. The van der Waals surface area contributed by atoms with E-state index >= 15 is 0 Å². The molecule has 0 aliphatic heterocycles. The van der Waals surface area contributed by atoms with Crippen LogP contribution in [0.25, 0.3) is 78.0 Å². The minimum atomic E-state index is 0.631. The van der Waals surface area contributed by atoms with E-state index in [0.29, 0.717) is 17.5 Å². The summed E-state index contributed by atoms with van der Waals surface area (Å²) < 4.78 is 6.74. The average Bonchev–Trinajstić information content (AvgIpc) is 3.63. The molecule has 10 aromatic rings. The van der Waals surface area contributed by atoms with E-state index in [2.05, 4.69) is 126 Å². The number of furan rings is 1. The fourth-order valence-corrected chi connectivity index (χ4v) is 7.30. The Morgan fingerprint density at radius 2 is 0.796 bits per heavy atom. The van der Waals surface area contributed by atoms with Gasteiger partial charge in [0, 0.05) is 56.0 Å². The number of rotatable bonds is 7. The summed E-state index contributed by atoms with van der Waals surface area (Å²) >= 11 is 0. The molecular formula is C49H32N4O. The normalized spacial score (nSPS) is 11.3. The van der Waals surface area contributed by atoms with Crippen molar-refractivity contribution in [2.45, 2.75) is 0 Å².